The summed E-state index contributed by atoms with van der Waals surface area (Å²) in [6.45, 7) is 3.37. The van der Waals surface area contributed by atoms with Gasteiger partial charge in [0.05, 0.1) is 23.6 Å². The number of phenols is 2. The summed E-state index contributed by atoms with van der Waals surface area (Å²) in [6.07, 6.45) is 7.79. The number of fused-ring (bicyclic) bond motifs is 2. The van der Waals surface area contributed by atoms with Gasteiger partial charge in [-0.05, 0) is 47.5 Å². The highest BCUT2D eigenvalue weighted by Crippen LogP contribution is 2.30. The minimum atomic E-state index is -0.362. The first-order valence-corrected chi connectivity index (χ1v) is 13.8. The van der Waals surface area contributed by atoms with Crippen LogP contribution in [0.4, 0.5) is 0 Å². The Bertz CT molecular complexity index is 2270. The molecule has 0 fully saturated rings. The zero-order chi connectivity index (χ0) is 32.6. The van der Waals surface area contributed by atoms with Crippen molar-refractivity contribution in [2.24, 2.45) is 0 Å². The Hall–Kier alpha value is -6.58. The van der Waals surface area contributed by atoms with E-state index in [0.717, 1.165) is 11.6 Å². The number of rotatable bonds is 5. The van der Waals surface area contributed by atoms with Gasteiger partial charge in [0.15, 0.2) is 5.43 Å². The Balaban J connectivity index is 0.000000184. The summed E-state index contributed by atoms with van der Waals surface area (Å²) in [4.78, 5) is 25.2. The van der Waals surface area contributed by atoms with Gasteiger partial charge in [-0.15, -0.1) is 0 Å². The van der Waals surface area contributed by atoms with Crippen LogP contribution in [0.25, 0.3) is 44.2 Å². The summed E-state index contributed by atoms with van der Waals surface area (Å²) in [5.74, 6) is 6.63. The fraction of sp³-hybridized carbons (Fsp3) is 0.0811. The minimum Gasteiger partial charge on any atom is -0.508 e. The van der Waals surface area contributed by atoms with E-state index >= 15 is 0 Å². The molecular weight excluding hydrogens is 588 g/mol. The third-order valence-corrected chi connectivity index (χ3v) is 6.70. The summed E-state index contributed by atoms with van der Waals surface area (Å²) < 4.78 is 26.4. The number of hydrogen-bond acceptors (Lipinski definition) is 9. The first-order chi connectivity index (χ1) is 22.3. The molecule has 0 radical (unpaired) electrons. The van der Waals surface area contributed by atoms with Crippen LogP contribution in [0.15, 0.2) is 110 Å². The van der Waals surface area contributed by atoms with Crippen LogP contribution in [-0.4, -0.2) is 17.3 Å². The molecule has 2 heterocycles. The van der Waals surface area contributed by atoms with E-state index in [0.29, 0.717) is 44.9 Å². The first-order valence-electron chi connectivity index (χ1n) is 13.8. The van der Waals surface area contributed by atoms with Crippen LogP contribution in [0, 0.1) is 24.1 Å². The SMILES string of the molecule is CC#COc1ccc(-c2coc3cc(OC#CC)ccc3c2=O)cc1.COc1ccc(-c2coc3cc(O)cc(O)c3c2=O)cc1. The van der Waals surface area contributed by atoms with Crippen molar-refractivity contribution in [3.8, 4) is 75.1 Å². The number of phenolic OH excluding ortho intramolecular Hbond substituents is 2. The molecule has 0 saturated heterocycles. The normalized spacial score (nSPS) is 10.1. The molecule has 2 N–H and O–H groups in total. The van der Waals surface area contributed by atoms with Crippen LogP contribution in [0.1, 0.15) is 13.8 Å². The van der Waals surface area contributed by atoms with Gasteiger partial charge in [0.25, 0.3) is 0 Å². The number of hydrogen-bond donors (Lipinski definition) is 2. The summed E-state index contributed by atoms with van der Waals surface area (Å²) in [7, 11) is 1.56. The molecule has 0 bridgehead atoms. The van der Waals surface area contributed by atoms with Crippen LogP contribution in [0.5, 0.6) is 28.7 Å². The number of methoxy groups -OCH3 is 1. The summed E-state index contributed by atoms with van der Waals surface area (Å²) in [5, 5.41) is 19.8. The monoisotopic (exact) mass is 614 g/mol. The van der Waals surface area contributed by atoms with Crippen molar-refractivity contribution in [2.45, 2.75) is 13.8 Å². The van der Waals surface area contributed by atoms with E-state index in [2.05, 4.69) is 24.1 Å². The third kappa shape index (κ3) is 6.65. The van der Waals surface area contributed by atoms with Gasteiger partial charge in [0.1, 0.15) is 70.0 Å². The first kappa shape index (κ1) is 30.9. The molecule has 6 rings (SSSR count). The molecule has 0 atom stereocenters. The minimum absolute atomic E-state index is 0.0427. The van der Waals surface area contributed by atoms with Crippen molar-refractivity contribution in [3.63, 3.8) is 0 Å². The number of ether oxygens (including phenoxy) is 3. The van der Waals surface area contributed by atoms with Crippen LogP contribution < -0.4 is 25.1 Å². The van der Waals surface area contributed by atoms with Crippen LogP contribution in [0.3, 0.4) is 0 Å². The molecule has 9 nitrogen and oxygen atoms in total. The van der Waals surface area contributed by atoms with E-state index in [4.69, 9.17) is 23.0 Å². The Labute approximate surface area is 262 Å². The van der Waals surface area contributed by atoms with Gasteiger partial charge in [-0.25, -0.2) is 0 Å². The molecule has 0 unspecified atom stereocenters. The molecular formula is C37H26O9. The summed E-state index contributed by atoms with van der Waals surface area (Å²) in [5.41, 5.74) is 2.30. The predicted octanol–water partition coefficient (Wildman–Crippen LogP) is 7.06. The Morgan fingerprint density at radius 1 is 0.630 bits per heavy atom. The highest BCUT2D eigenvalue weighted by Gasteiger charge is 2.14. The standard InChI is InChI=1S/C21H14O4.C16H12O5/c1-3-11-23-16-7-5-15(6-8-16)19-14-25-20-13-17(24-12-4-2)9-10-18(20)21(19)22;1-20-11-4-2-9(3-5-11)12-8-21-14-7-10(17)6-13(18)15(14)16(12)19/h5-10,13-14H,1-2H3;2-8,17-18H,1H3. The van der Waals surface area contributed by atoms with E-state index in [9.17, 15) is 19.8 Å². The quantitative estimate of drug-likeness (QED) is 0.196. The fourth-order valence-electron chi connectivity index (χ4n) is 4.48. The molecule has 0 saturated carbocycles. The van der Waals surface area contributed by atoms with Gasteiger partial charge >= 0.3 is 0 Å². The van der Waals surface area contributed by atoms with E-state index in [1.807, 2.05) is 0 Å². The second-order valence-corrected chi connectivity index (χ2v) is 9.61. The number of aromatic hydroxyl groups is 2. The summed E-state index contributed by atoms with van der Waals surface area (Å²) in [6, 6.07) is 21.4. The van der Waals surface area contributed by atoms with Crippen molar-refractivity contribution in [3.05, 3.63) is 112 Å². The molecule has 6 aromatic rings. The lowest BCUT2D eigenvalue weighted by molar-refractivity contribution is 0.415. The van der Waals surface area contributed by atoms with Gasteiger partial charge in [0.2, 0.25) is 5.43 Å². The molecule has 46 heavy (non-hydrogen) atoms. The average molecular weight is 615 g/mol. The summed E-state index contributed by atoms with van der Waals surface area (Å²) >= 11 is 0. The third-order valence-electron chi connectivity index (χ3n) is 6.70. The molecule has 0 aliphatic heterocycles. The smallest absolute Gasteiger partial charge is 0.204 e. The molecule has 0 aliphatic rings. The van der Waals surface area contributed by atoms with E-state index < -0.39 is 0 Å². The van der Waals surface area contributed by atoms with Crippen molar-refractivity contribution in [1.82, 2.24) is 0 Å². The lowest BCUT2D eigenvalue weighted by atomic mass is 10.0. The van der Waals surface area contributed by atoms with E-state index in [1.54, 1.807) is 87.7 Å². The molecule has 9 heteroatoms. The van der Waals surface area contributed by atoms with Gasteiger partial charge in [0, 0.05) is 32.0 Å². The fourth-order valence-corrected chi connectivity index (χ4v) is 4.48. The zero-order valence-electron chi connectivity index (χ0n) is 24.9. The molecule has 0 spiro atoms. The van der Waals surface area contributed by atoms with Crippen LogP contribution in [0.2, 0.25) is 0 Å². The maximum Gasteiger partial charge on any atom is 0.204 e. The second-order valence-electron chi connectivity index (χ2n) is 9.61. The molecule has 228 valence electrons. The molecule has 4 aromatic carbocycles. The van der Waals surface area contributed by atoms with Crippen molar-refractivity contribution < 1.29 is 33.3 Å². The highest BCUT2D eigenvalue weighted by molar-refractivity contribution is 5.88. The largest absolute Gasteiger partial charge is 0.508 e. The maximum absolute atomic E-state index is 12.7. The topological polar surface area (TPSA) is 129 Å². The van der Waals surface area contributed by atoms with Gasteiger partial charge < -0.3 is 33.3 Å². The maximum atomic E-state index is 12.7. The van der Waals surface area contributed by atoms with Crippen molar-refractivity contribution in [2.75, 3.05) is 7.11 Å². The van der Waals surface area contributed by atoms with E-state index in [1.165, 1.54) is 18.6 Å². The van der Waals surface area contributed by atoms with E-state index in [-0.39, 0.29) is 33.3 Å². The molecule has 0 amide bonds. The zero-order valence-corrected chi connectivity index (χ0v) is 24.9. The average Bonchev–Trinajstić information content (AvgIpc) is 3.07. The predicted molar refractivity (Wildman–Crippen MR) is 174 cm³/mol. The molecule has 2 aromatic heterocycles. The lowest BCUT2D eigenvalue weighted by Crippen LogP contribution is -2.05. The lowest BCUT2D eigenvalue weighted by Gasteiger charge is -2.05. The molecule has 0 aliphatic carbocycles. The van der Waals surface area contributed by atoms with Crippen molar-refractivity contribution >= 4 is 21.9 Å². The second kappa shape index (κ2) is 13.8. The Morgan fingerprint density at radius 3 is 1.78 bits per heavy atom. The van der Waals surface area contributed by atoms with Gasteiger partial charge in [-0.2, -0.15) is 0 Å². The number of benzene rings is 4. The highest BCUT2D eigenvalue weighted by atomic mass is 16.5. The Morgan fingerprint density at radius 2 is 1.17 bits per heavy atom. The van der Waals surface area contributed by atoms with Crippen LogP contribution in [-0.2, 0) is 0 Å². The Kier molecular flexibility index (Phi) is 9.26. The van der Waals surface area contributed by atoms with Gasteiger partial charge in [-0.3, -0.25) is 9.59 Å². The van der Waals surface area contributed by atoms with Gasteiger partial charge in [-0.1, -0.05) is 36.1 Å². The van der Waals surface area contributed by atoms with Crippen molar-refractivity contribution in [1.29, 1.82) is 0 Å². The van der Waals surface area contributed by atoms with Crippen LogP contribution >= 0.6 is 0 Å².